The number of rotatable bonds is 6. The second-order valence-corrected chi connectivity index (χ2v) is 11.4. The van der Waals surface area contributed by atoms with Crippen molar-refractivity contribution < 1.29 is 13.5 Å². The van der Waals surface area contributed by atoms with Crippen molar-refractivity contribution in [3.8, 4) is 17.0 Å². The lowest BCUT2D eigenvalue weighted by Gasteiger charge is -2.38. The van der Waals surface area contributed by atoms with Crippen LogP contribution in [0, 0.1) is 11.6 Å². The number of ether oxygens (including phenoxy) is 1. The van der Waals surface area contributed by atoms with Crippen LogP contribution < -0.4 is 15.0 Å². The Morgan fingerprint density at radius 1 is 1.03 bits per heavy atom. The van der Waals surface area contributed by atoms with E-state index in [0.29, 0.717) is 29.5 Å². The van der Waals surface area contributed by atoms with Crippen molar-refractivity contribution >= 4 is 17.5 Å². The van der Waals surface area contributed by atoms with E-state index in [9.17, 15) is 4.39 Å². The average Bonchev–Trinajstić information content (AvgIpc) is 2.90. The summed E-state index contributed by atoms with van der Waals surface area (Å²) in [5, 5.41) is 3.15. The first-order valence-electron chi connectivity index (χ1n) is 13.9. The Hall–Kier alpha value is -3.33. The van der Waals surface area contributed by atoms with Gasteiger partial charge in [0.25, 0.3) is 0 Å². The fraction of sp³-hybridized carbons (Fsp3) is 0.500. The lowest BCUT2D eigenvalue weighted by molar-refractivity contribution is 0.199. The molecule has 1 unspecified atom stereocenters. The highest BCUT2D eigenvalue weighted by Crippen LogP contribution is 2.41. The molecule has 4 heterocycles. The quantitative estimate of drug-likeness (QED) is 0.386. The van der Waals surface area contributed by atoms with E-state index < -0.39 is 11.6 Å². The van der Waals surface area contributed by atoms with Gasteiger partial charge < -0.3 is 19.9 Å². The number of likely N-dealkylation sites (tertiary alicyclic amines) is 1. The molecule has 5 rings (SSSR count). The van der Waals surface area contributed by atoms with Gasteiger partial charge in [-0.15, -0.1) is 0 Å². The first-order chi connectivity index (χ1) is 18.6. The molecule has 208 valence electrons. The molecule has 39 heavy (non-hydrogen) atoms. The Labute approximate surface area is 229 Å². The summed E-state index contributed by atoms with van der Waals surface area (Å²) in [7, 11) is 2.16. The van der Waals surface area contributed by atoms with Crippen LogP contribution in [0.1, 0.15) is 70.6 Å². The second kappa shape index (κ2) is 11.0. The molecule has 1 fully saturated rings. The number of nitrogens with one attached hydrogen (secondary N) is 1. The summed E-state index contributed by atoms with van der Waals surface area (Å²) in [5.41, 5.74) is 3.28. The molecule has 3 aromatic rings. The maximum Gasteiger partial charge on any atom is 0.229 e. The van der Waals surface area contributed by atoms with E-state index in [1.54, 1.807) is 6.07 Å². The molecule has 0 radical (unpaired) electrons. The summed E-state index contributed by atoms with van der Waals surface area (Å²) >= 11 is 0. The number of fused-ring (bicyclic) bond motifs is 1. The number of hydrogen-bond acceptors (Lipinski definition) is 7. The predicted octanol–water partition coefficient (Wildman–Crippen LogP) is 6.49. The summed E-state index contributed by atoms with van der Waals surface area (Å²) in [4.78, 5) is 17.9. The van der Waals surface area contributed by atoms with Crippen LogP contribution in [0.5, 0.6) is 5.75 Å². The van der Waals surface area contributed by atoms with Crippen LogP contribution in [0.2, 0.25) is 0 Å². The standard InChI is InChI=1S/C30H38F2N6O/c1-17(2)27-22(20-9-11-37(6)12-10-20)7-8-26(34-27)35-30-33-15-24(32)28(36-30)21-13-23(31)29-25(14-21)38(18(3)4)16-19(5)39-29/h7-8,13-15,17-20H,9-12,16H2,1-6H3,(H,33,34,35,36). The third kappa shape index (κ3) is 5.69. The summed E-state index contributed by atoms with van der Waals surface area (Å²) in [5.74, 6) is 0.550. The zero-order chi connectivity index (χ0) is 27.8. The normalized spacial score (nSPS) is 18.4. The summed E-state index contributed by atoms with van der Waals surface area (Å²) in [6.07, 6.45) is 3.19. The van der Waals surface area contributed by atoms with Crippen LogP contribution in [0.15, 0.2) is 30.5 Å². The molecule has 2 aromatic heterocycles. The average molecular weight is 537 g/mol. The lowest BCUT2D eigenvalue weighted by atomic mass is 9.86. The maximum absolute atomic E-state index is 15.2. The van der Waals surface area contributed by atoms with Gasteiger partial charge in [0.15, 0.2) is 17.4 Å². The maximum atomic E-state index is 15.2. The Morgan fingerprint density at radius 3 is 2.46 bits per heavy atom. The Morgan fingerprint density at radius 2 is 1.77 bits per heavy atom. The SMILES string of the molecule is CC1CN(C(C)C)c2cc(-c3nc(Nc4ccc(C5CCN(C)CC5)c(C(C)C)n4)ncc3F)cc(F)c2O1. The largest absolute Gasteiger partial charge is 0.484 e. The van der Waals surface area contributed by atoms with E-state index in [2.05, 4.69) is 52.0 Å². The summed E-state index contributed by atoms with van der Waals surface area (Å²) in [6, 6.07) is 7.21. The van der Waals surface area contributed by atoms with E-state index in [0.717, 1.165) is 37.8 Å². The van der Waals surface area contributed by atoms with Gasteiger partial charge >= 0.3 is 0 Å². The molecule has 0 saturated carbocycles. The van der Waals surface area contributed by atoms with Crippen molar-refractivity contribution in [2.24, 2.45) is 0 Å². The summed E-state index contributed by atoms with van der Waals surface area (Å²) in [6.45, 7) is 13.1. The molecule has 0 bridgehead atoms. The highest BCUT2D eigenvalue weighted by atomic mass is 19.1. The predicted molar refractivity (Wildman–Crippen MR) is 151 cm³/mol. The van der Waals surface area contributed by atoms with E-state index in [1.807, 2.05) is 26.8 Å². The third-order valence-corrected chi connectivity index (χ3v) is 7.65. The third-order valence-electron chi connectivity index (χ3n) is 7.65. The molecule has 9 heteroatoms. The molecule has 0 amide bonds. The monoisotopic (exact) mass is 536 g/mol. The number of benzene rings is 1. The van der Waals surface area contributed by atoms with E-state index in [1.165, 1.54) is 11.6 Å². The topological polar surface area (TPSA) is 66.4 Å². The minimum atomic E-state index is -0.630. The smallest absolute Gasteiger partial charge is 0.229 e. The van der Waals surface area contributed by atoms with Crippen LogP contribution >= 0.6 is 0 Å². The van der Waals surface area contributed by atoms with E-state index in [4.69, 9.17) is 9.72 Å². The minimum absolute atomic E-state index is 0.0172. The van der Waals surface area contributed by atoms with Crippen LogP contribution in [0.25, 0.3) is 11.3 Å². The molecule has 0 aliphatic carbocycles. The summed E-state index contributed by atoms with van der Waals surface area (Å²) < 4.78 is 36.0. The van der Waals surface area contributed by atoms with Crippen LogP contribution in [0.3, 0.4) is 0 Å². The van der Waals surface area contributed by atoms with Crippen molar-refractivity contribution in [3.05, 3.63) is 53.4 Å². The van der Waals surface area contributed by atoms with Crippen molar-refractivity contribution in [1.29, 1.82) is 0 Å². The molecular weight excluding hydrogens is 498 g/mol. The fourth-order valence-corrected chi connectivity index (χ4v) is 5.58. The van der Waals surface area contributed by atoms with E-state index in [-0.39, 0.29) is 35.5 Å². The van der Waals surface area contributed by atoms with Crippen molar-refractivity contribution in [2.75, 3.05) is 36.9 Å². The highest BCUT2D eigenvalue weighted by molar-refractivity contribution is 5.73. The molecular formula is C30H38F2N6O. The number of piperidine rings is 1. The van der Waals surface area contributed by atoms with Gasteiger partial charge in [-0.3, -0.25) is 0 Å². The van der Waals surface area contributed by atoms with Crippen LogP contribution in [-0.2, 0) is 0 Å². The van der Waals surface area contributed by atoms with Crippen LogP contribution in [0.4, 0.5) is 26.2 Å². The molecule has 1 saturated heterocycles. The van der Waals surface area contributed by atoms with Gasteiger partial charge in [0.2, 0.25) is 5.95 Å². The Kier molecular flexibility index (Phi) is 7.71. The molecule has 1 atom stereocenters. The Balaban J connectivity index is 1.45. The van der Waals surface area contributed by atoms with Gasteiger partial charge in [0.05, 0.1) is 18.4 Å². The number of pyridine rings is 1. The zero-order valence-electron chi connectivity index (χ0n) is 23.6. The van der Waals surface area contributed by atoms with Crippen molar-refractivity contribution in [3.63, 3.8) is 0 Å². The van der Waals surface area contributed by atoms with Gasteiger partial charge in [0, 0.05) is 17.3 Å². The number of nitrogens with zero attached hydrogens (tertiary/aromatic N) is 5. The van der Waals surface area contributed by atoms with E-state index >= 15 is 4.39 Å². The van der Waals surface area contributed by atoms with Crippen molar-refractivity contribution in [1.82, 2.24) is 19.9 Å². The van der Waals surface area contributed by atoms with Crippen LogP contribution in [-0.4, -0.2) is 58.7 Å². The molecule has 2 aliphatic rings. The minimum Gasteiger partial charge on any atom is -0.484 e. The van der Waals surface area contributed by atoms with Gasteiger partial charge in [-0.05, 0) is 89.3 Å². The molecule has 7 nitrogen and oxygen atoms in total. The number of aromatic nitrogens is 3. The Bertz CT molecular complexity index is 1340. The number of halogens is 2. The second-order valence-electron chi connectivity index (χ2n) is 11.4. The first-order valence-corrected chi connectivity index (χ1v) is 13.9. The number of anilines is 3. The van der Waals surface area contributed by atoms with Crippen molar-refractivity contribution in [2.45, 2.75) is 71.4 Å². The molecule has 0 spiro atoms. The van der Waals surface area contributed by atoms with Gasteiger partial charge in [-0.1, -0.05) is 19.9 Å². The number of hydrogen-bond donors (Lipinski definition) is 1. The molecule has 1 aromatic carbocycles. The lowest BCUT2D eigenvalue weighted by Crippen LogP contribution is -2.42. The van der Waals surface area contributed by atoms with Gasteiger partial charge in [-0.2, -0.15) is 0 Å². The zero-order valence-corrected chi connectivity index (χ0v) is 23.6. The molecule has 1 N–H and O–H groups in total. The first kappa shape index (κ1) is 27.2. The van der Waals surface area contributed by atoms with Gasteiger partial charge in [-0.25, -0.2) is 23.7 Å². The highest BCUT2D eigenvalue weighted by Gasteiger charge is 2.29. The van der Waals surface area contributed by atoms with Gasteiger partial charge in [0.1, 0.15) is 17.6 Å². The fourth-order valence-electron chi connectivity index (χ4n) is 5.58. The molecule has 2 aliphatic heterocycles.